The van der Waals surface area contributed by atoms with Crippen LogP contribution in [0.2, 0.25) is 0 Å². The molecular weight excluding hydrogens is 434 g/mol. The molecule has 0 radical (unpaired) electrons. The molecule has 0 spiro atoms. The number of epoxide rings is 1. The summed E-state index contributed by atoms with van der Waals surface area (Å²) in [6, 6.07) is 7.76. The summed E-state index contributed by atoms with van der Waals surface area (Å²) in [5, 5.41) is 4.43. The van der Waals surface area contributed by atoms with Gasteiger partial charge >= 0.3 is 0 Å². The van der Waals surface area contributed by atoms with Crippen molar-refractivity contribution in [2.75, 3.05) is 32.6 Å². The van der Waals surface area contributed by atoms with Gasteiger partial charge in [-0.15, -0.1) is 0 Å². The minimum Gasteiger partial charge on any atom is -0.493 e. The molecule has 0 aliphatic carbocycles. The number of ether oxygens (including phenoxy) is 4. The maximum absolute atomic E-state index is 5.92. The minimum absolute atomic E-state index is 0.0215. The number of methoxy groups -OCH3 is 2. The molecule has 2 fully saturated rings. The lowest BCUT2D eigenvalue weighted by atomic mass is 9.91. The molecule has 9 heteroatoms. The van der Waals surface area contributed by atoms with E-state index in [1.807, 2.05) is 38.1 Å². The monoisotopic (exact) mass is 465 g/mol. The molecule has 2 aromatic heterocycles. The van der Waals surface area contributed by atoms with Crippen molar-refractivity contribution < 1.29 is 18.9 Å². The lowest BCUT2D eigenvalue weighted by molar-refractivity contribution is 0.139. The summed E-state index contributed by atoms with van der Waals surface area (Å²) in [4.78, 5) is 15.8. The van der Waals surface area contributed by atoms with E-state index in [1.54, 1.807) is 26.7 Å². The summed E-state index contributed by atoms with van der Waals surface area (Å²) < 4.78 is 22.5. The van der Waals surface area contributed by atoms with Gasteiger partial charge < -0.3 is 24.3 Å². The highest BCUT2D eigenvalue weighted by Gasteiger charge is 2.45. The molecular formula is C25H31N5O4. The van der Waals surface area contributed by atoms with Crippen molar-refractivity contribution in [3.8, 4) is 17.4 Å². The second kappa shape index (κ2) is 9.60. The zero-order valence-corrected chi connectivity index (χ0v) is 20.0. The Balaban J connectivity index is 1.19. The minimum atomic E-state index is -0.0215. The maximum Gasteiger partial charge on any atom is 0.213 e. The van der Waals surface area contributed by atoms with E-state index in [0.29, 0.717) is 23.3 Å². The van der Waals surface area contributed by atoms with Gasteiger partial charge in [-0.2, -0.15) is 0 Å². The van der Waals surface area contributed by atoms with E-state index < -0.39 is 0 Å². The third-order valence-corrected chi connectivity index (χ3v) is 6.32. The molecule has 2 atom stereocenters. The molecule has 2 saturated heterocycles. The van der Waals surface area contributed by atoms with Crippen molar-refractivity contribution in [2.45, 2.75) is 51.2 Å². The highest BCUT2D eigenvalue weighted by atomic mass is 16.6. The van der Waals surface area contributed by atoms with E-state index in [4.69, 9.17) is 18.9 Å². The first kappa shape index (κ1) is 22.6. The van der Waals surface area contributed by atoms with Gasteiger partial charge in [-0.1, -0.05) is 0 Å². The highest BCUT2D eigenvalue weighted by molar-refractivity contribution is 5.85. The molecule has 34 heavy (non-hydrogen) atoms. The molecule has 2 aliphatic rings. The molecule has 3 aromatic rings. The molecule has 1 aromatic carbocycles. The van der Waals surface area contributed by atoms with Gasteiger partial charge in [0.05, 0.1) is 43.4 Å². The van der Waals surface area contributed by atoms with Gasteiger partial charge in [0.25, 0.3) is 0 Å². The van der Waals surface area contributed by atoms with Gasteiger partial charge in [0.2, 0.25) is 5.88 Å². The Morgan fingerprint density at radius 2 is 1.79 bits per heavy atom. The van der Waals surface area contributed by atoms with Crippen molar-refractivity contribution in [3.63, 3.8) is 0 Å². The predicted molar refractivity (Wildman–Crippen MR) is 128 cm³/mol. The molecule has 0 amide bonds. The van der Waals surface area contributed by atoms with Crippen molar-refractivity contribution in [2.24, 2.45) is 0 Å². The van der Waals surface area contributed by atoms with Crippen molar-refractivity contribution in [1.29, 1.82) is 0 Å². The van der Waals surface area contributed by atoms with Gasteiger partial charge in [-0.3, -0.25) is 4.90 Å². The van der Waals surface area contributed by atoms with Gasteiger partial charge in [-0.25, -0.2) is 15.0 Å². The van der Waals surface area contributed by atoms with Crippen LogP contribution >= 0.6 is 0 Å². The van der Waals surface area contributed by atoms with Crippen LogP contribution in [0, 0.1) is 0 Å². The standard InChI is InChI=1S/C25H31N5O4/c1-15(2)33-22-6-5-17(13-26-22)29-24-25(34-24)30-9-7-16(8-10-30)23-18-11-20(31-3)21(32-4)12-19(18)27-14-28-23/h5-6,11-16,24-25,29H,7-10H2,1-4H3. The summed E-state index contributed by atoms with van der Waals surface area (Å²) in [6.07, 6.45) is 5.62. The molecule has 9 nitrogen and oxygen atoms in total. The van der Waals surface area contributed by atoms with Crippen LogP contribution in [0.4, 0.5) is 5.69 Å². The fourth-order valence-corrected chi connectivity index (χ4v) is 4.58. The van der Waals surface area contributed by atoms with E-state index in [-0.39, 0.29) is 18.6 Å². The first-order valence-corrected chi connectivity index (χ1v) is 11.7. The number of hydrogen-bond donors (Lipinski definition) is 1. The van der Waals surface area contributed by atoms with Crippen molar-refractivity contribution in [3.05, 3.63) is 42.5 Å². The Kier molecular flexibility index (Phi) is 6.38. The van der Waals surface area contributed by atoms with Crippen LogP contribution in [-0.2, 0) is 4.74 Å². The van der Waals surface area contributed by atoms with Gasteiger partial charge in [0.15, 0.2) is 24.0 Å². The zero-order valence-electron chi connectivity index (χ0n) is 20.0. The van der Waals surface area contributed by atoms with E-state index in [1.165, 1.54) is 0 Å². The summed E-state index contributed by atoms with van der Waals surface area (Å²) in [5.74, 6) is 2.37. The first-order chi connectivity index (χ1) is 16.6. The average molecular weight is 466 g/mol. The van der Waals surface area contributed by atoms with Crippen LogP contribution in [0.3, 0.4) is 0 Å². The highest BCUT2D eigenvalue weighted by Crippen LogP contribution is 2.38. The number of likely N-dealkylation sites (tertiary alicyclic amines) is 1. The van der Waals surface area contributed by atoms with Gasteiger partial charge in [0, 0.05) is 36.5 Å². The third-order valence-electron chi connectivity index (χ3n) is 6.32. The quantitative estimate of drug-likeness (QED) is 0.499. The molecule has 0 saturated carbocycles. The number of piperidine rings is 1. The summed E-state index contributed by atoms with van der Waals surface area (Å²) in [7, 11) is 3.28. The summed E-state index contributed by atoms with van der Waals surface area (Å²) >= 11 is 0. The lowest BCUT2D eigenvalue weighted by Gasteiger charge is -2.31. The number of hydrogen-bond acceptors (Lipinski definition) is 9. The average Bonchev–Trinajstić information content (AvgIpc) is 3.62. The lowest BCUT2D eigenvalue weighted by Crippen LogP contribution is -2.37. The van der Waals surface area contributed by atoms with E-state index in [9.17, 15) is 0 Å². The number of pyridine rings is 1. The van der Waals surface area contributed by atoms with Crippen molar-refractivity contribution >= 4 is 16.6 Å². The molecule has 1 N–H and O–H groups in total. The fraction of sp³-hybridized carbons (Fsp3) is 0.480. The van der Waals surface area contributed by atoms with Crippen LogP contribution in [0.15, 0.2) is 36.8 Å². The Morgan fingerprint density at radius 1 is 1.03 bits per heavy atom. The number of aromatic nitrogens is 3. The Morgan fingerprint density at radius 3 is 2.47 bits per heavy atom. The summed E-state index contributed by atoms with van der Waals surface area (Å²) in [5.41, 5.74) is 2.88. The number of benzene rings is 1. The van der Waals surface area contributed by atoms with E-state index in [2.05, 4.69) is 25.2 Å². The second-order valence-corrected chi connectivity index (χ2v) is 8.94. The van der Waals surface area contributed by atoms with E-state index >= 15 is 0 Å². The zero-order chi connectivity index (χ0) is 23.7. The SMILES string of the molecule is COc1cc2ncnc(C3CCN(C4OC4Nc4ccc(OC(C)C)nc4)CC3)c2cc1OC. The number of rotatable bonds is 8. The second-order valence-electron chi connectivity index (χ2n) is 8.94. The normalized spacial score (nSPS) is 21.0. The molecule has 0 bridgehead atoms. The molecule has 2 aliphatic heterocycles. The molecule has 4 heterocycles. The number of nitrogens with zero attached hydrogens (tertiary/aromatic N) is 4. The Bertz CT molecular complexity index is 1130. The van der Waals surface area contributed by atoms with Gasteiger partial charge in [0.1, 0.15) is 6.33 Å². The fourth-order valence-electron chi connectivity index (χ4n) is 4.58. The number of fused-ring (bicyclic) bond motifs is 1. The topological polar surface area (TPSA) is 94.2 Å². The smallest absolute Gasteiger partial charge is 0.213 e. The predicted octanol–water partition coefficient (Wildman–Crippen LogP) is 3.80. The molecule has 180 valence electrons. The van der Waals surface area contributed by atoms with Crippen LogP contribution in [0.5, 0.6) is 17.4 Å². The molecule has 5 rings (SSSR count). The van der Waals surface area contributed by atoms with Crippen LogP contribution < -0.4 is 19.5 Å². The summed E-state index contributed by atoms with van der Waals surface area (Å²) in [6.45, 7) is 5.87. The van der Waals surface area contributed by atoms with Crippen molar-refractivity contribution in [1.82, 2.24) is 19.9 Å². The van der Waals surface area contributed by atoms with E-state index in [0.717, 1.165) is 48.2 Å². The van der Waals surface area contributed by atoms with Gasteiger partial charge in [-0.05, 0) is 38.8 Å². The van der Waals surface area contributed by atoms with Crippen LogP contribution in [-0.4, -0.2) is 65.7 Å². The first-order valence-electron chi connectivity index (χ1n) is 11.7. The Labute approximate surface area is 199 Å². The Hall–Kier alpha value is -3.17. The maximum atomic E-state index is 5.92. The van der Waals surface area contributed by atoms with Crippen LogP contribution in [0.1, 0.15) is 38.3 Å². The third kappa shape index (κ3) is 4.71. The molecule has 2 unspecified atom stereocenters. The largest absolute Gasteiger partial charge is 0.493 e. The number of nitrogens with one attached hydrogen (secondary N) is 1. The van der Waals surface area contributed by atoms with Crippen LogP contribution in [0.25, 0.3) is 10.9 Å². The number of anilines is 1.